The number of esters is 1. The molecule has 19 heavy (non-hydrogen) atoms. The number of methoxy groups -OCH3 is 1. The number of carbonyl (C=O) groups excluding carboxylic acids is 1. The number of halogens is 1. The van der Waals surface area contributed by atoms with E-state index in [1.807, 2.05) is 6.07 Å². The molecule has 0 aliphatic heterocycles. The van der Waals surface area contributed by atoms with Crippen molar-refractivity contribution in [1.29, 1.82) is 0 Å². The minimum Gasteiger partial charge on any atom is -0.465 e. The zero-order chi connectivity index (χ0) is 14.2. The number of carbonyl (C=O) groups is 1. The molecule has 0 saturated heterocycles. The summed E-state index contributed by atoms with van der Waals surface area (Å²) in [6.07, 6.45) is 0. The fourth-order valence-corrected chi connectivity index (χ4v) is 1.90. The SMILES string of the molecule is COC(=O)c1cc(-n2nc(C)cc2C)c(F)cc1N. The topological polar surface area (TPSA) is 70.1 Å². The first-order chi connectivity index (χ1) is 8.93. The van der Waals surface area contributed by atoms with E-state index in [2.05, 4.69) is 9.84 Å². The maximum absolute atomic E-state index is 14.0. The molecule has 1 heterocycles. The van der Waals surface area contributed by atoms with Gasteiger partial charge in [0.25, 0.3) is 0 Å². The van der Waals surface area contributed by atoms with Crippen LogP contribution in [0.25, 0.3) is 5.69 Å². The molecule has 2 rings (SSSR count). The Labute approximate surface area is 109 Å². The quantitative estimate of drug-likeness (QED) is 0.664. The average Bonchev–Trinajstić information content (AvgIpc) is 2.67. The molecule has 0 unspecified atom stereocenters. The first kappa shape index (κ1) is 13.1. The largest absolute Gasteiger partial charge is 0.465 e. The number of hydrogen-bond donors (Lipinski definition) is 1. The van der Waals surface area contributed by atoms with Gasteiger partial charge in [-0.2, -0.15) is 5.10 Å². The van der Waals surface area contributed by atoms with Crippen LogP contribution < -0.4 is 5.73 Å². The van der Waals surface area contributed by atoms with Gasteiger partial charge in [-0.15, -0.1) is 0 Å². The molecule has 0 atom stereocenters. The zero-order valence-electron chi connectivity index (χ0n) is 10.9. The summed E-state index contributed by atoms with van der Waals surface area (Å²) < 4.78 is 20.0. The molecule has 1 aromatic heterocycles. The predicted molar refractivity (Wildman–Crippen MR) is 68.7 cm³/mol. The lowest BCUT2D eigenvalue weighted by atomic mass is 10.1. The standard InChI is InChI=1S/C13H14FN3O2/c1-7-4-8(2)17(16-7)12-5-9(13(18)19-3)11(15)6-10(12)14/h4-6H,15H2,1-3H3. The summed E-state index contributed by atoms with van der Waals surface area (Å²) in [4.78, 5) is 11.6. The van der Waals surface area contributed by atoms with Crippen molar-refractivity contribution in [2.24, 2.45) is 0 Å². The van der Waals surface area contributed by atoms with Crippen LogP contribution in [-0.2, 0) is 4.74 Å². The fourth-order valence-electron chi connectivity index (χ4n) is 1.90. The lowest BCUT2D eigenvalue weighted by Crippen LogP contribution is -2.10. The van der Waals surface area contributed by atoms with Crippen LogP contribution >= 0.6 is 0 Å². The fraction of sp³-hybridized carbons (Fsp3) is 0.231. The molecule has 0 saturated carbocycles. The number of benzene rings is 1. The molecule has 2 aromatic rings. The number of aryl methyl sites for hydroxylation is 2. The van der Waals surface area contributed by atoms with Crippen LogP contribution in [0.15, 0.2) is 18.2 Å². The smallest absolute Gasteiger partial charge is 0.340 e. The Morgan fingerprint density at radius 3 is 2.58 bits per heavy atom. The summed E-state index contributed by atoms with van der Waals surface area (Å²) in [5.74, 6) is -1.16. The van der Waals surface area contributed by atoms with Crippen molar-refractivity contribution in [2.75, 3.05) is 12.8 Å². The molecular formula is C13H14FN3O2. The highest BCUT2D eigenvalue weighted by Gasteiger charge is 2.17. The lowest BCUT2D eigenvalue weighted by molar-refractivity contribution is 0.0602. The van der Waals surface area contributed by atoms with Crippen molar-refractivity contribution in [2.45, 2.75) is 13.8 Å². The van der Waals surface area contributed by atoms with Crippen molar-refractivity contribution < 1.29 is 13.9 Å². The molecular weight excluding hydrogens is 249 g/mol. The summed E-state index contributed by atoms with van der Waals surface area (Å²) in [6.45, 7) is 3.60. The Kier molecular flexibility index (Phi) is 3.25. The van der Waals surface area contributed by atoms with Crippen molar-refractivity contribution in [3.63, 3.8) is 0 Å². The molecule has 0 fully saturated rings. The maximum Gasteiger partial charge on any atom is 0.340 e. The van der Waals surface area contributed by atoms with Gasteiger partial charge in [0.1, 0.15) is 5.69 Å². The third kappa shape index (κ3) is 2.29. The molecule has 1 aromatic carbocycles. The van der Waals surface area contributed by atoms with Gasteiger partial charge in [0.15, 0.2) is 5.82 Å². The number of nitrogens with zero attached hydrogens (tertiary/aromatic N) is 2. The zero-order valence-corrected chi connectivity index (χ0v) is 10.9. The molecule has 0 radical (unpaired) electrons. The highest BCUT2D eigenvalue weighted by atomic mass is 19.1. The number of ether oxygens (including phenoxy) is 1. The maximum atomic E-state index is 14.0. The Hall–Kier alpha value is -2.37. The molecule has 5 nitrogen and oxygen atoms in total. The minimum atomic E-state index is -0.611. The second-order valence-electron chi connectivity index (χ2n) is 4.22. The number of rotatable bonds is 2. The van der Waals surface area contributed by atoms with E-state index in [9.17, 15) is 9.18 Å². The molecule has 6 heteroatoms. The highest BCUT2D eigenvalue weighted by Crippen LogP contribution is 2.23. The molecule has 0 bridgehead atoms. The number of nitrogens with two attached hydrogens (primary N) is 1. The molecule has 0 amide bonds. The molecule has 100 valence electrons. The van der Waals surface area contributed by atoms with E-state index >= 15 is 0 Å². The van der Waals surface area contributed by atoms with Gasteiger partial charge < -0.3 is 10.5 Å². The number of anilines is 1. The summed E-state index contributed by atoms with van der Waals surface area (Å²) in [6, 6.07) is 4.25. The number of hydrogen-bond acceptors (Lipinski definition) is 4. The summed E-state index contributed by atoms with van der Waals surface area (Å²) in [5, 5.41) is 4.18. The first-order valence-corrected chi connectivity index (χ1v) is 5.65. The third-order valence-electron chi connectivity index (χ3n) is 2.76. The van der Waals surface area contributed by atoms with E-state index < -0.39 is 11.8 Å². The van der Waals surface area contributed by atoms with E-state index in [1.54, 1.807) is 13.8 Å². The molecule has 2 N–H and O–H groups in total. The minimum absolute atomic E-state index is 0.0367. The molecule has 0 spiro atoms. The average molecular weight is 263 g/mol. The van der Waals surface area contributed by atoms with Crippen molar-refractivity contribution in [3.05, 3.63) is 41.0 Å². The number of nitrogen functional groups attached to an aromatic ring is 1. The van der Waals surface area contributed by atoms with Gasteiger partial charge in [0.2, 0.25) is 0 Å². The van der Waals surface area contributed by atoms with Crippen LogP contribution in [0.2, 0.25) is 0 Å². The van der Waals surface area contributed by atoms with Crippen LogP contribution in [0.5, 0.6) is 0 Å². The van der Waals surface area contributed by atoms with Gasteiger partial charge >= 0.3 is 5.97 Å². The number of aromatic nitrogens is 2. The Morgan fingerprint density at radius 1 is 1.37 bits per heavy atom. The van der Waals surface area contributed by atoms with E-state index in [4.69, 9.17) is 5.73 Å². The van der Waals surface area contributed by atoms with Crippen molar-refractivity contribution in [1.82, 2.24) is 9.78 Å². The summed E-state index contributed by atoms with van der Waals surface area (Å²) in [7, 11) is 1.24. The summed E-state index contributed by atoms with van der Waals surface area (Å²) >= 11 is 0. The van der Waals surface area contributed by atoms with Gasteiger partial charge in [0.05, 0.1) is 18.4 Å². The highest BCUT2D eigenvalue weighted by molar-refractivity contribution is 5.95. The Balaban J connectivity index is 2.64. The third-order valence-corrected chi connectivity index (χ3v) is 2.76. The lowest BCUT2D eigenvalue weighted by Gasteiger charge is -2.10. The van der Waals surface area contributed by atoms with E-state index in [0.29, 0.717) is 0 Å². The normalized spacial score (nSPS) is 10.5. The Morgan fingerprint density at radius 2 is 2.05 bits per heavy atom. The van der Waals surface area contributed by atoms with Gasteiger partial charge in [-0.25, -0.2) is 13.9 Å². The van der Waals surface area contributed by atoms with Gasteiger partial charge in [0, 0.05) is 11.4 Å². The van der Waals surface area contributed by atoms with Crippen LogP contribution in [0, 0.1) is 19.7 Å². The second-order valence-corrected chi connectivity index (χ2v) is 4.22. The van der Waals surface area contributed by atoms with Crippen LogP contribution in [0.4, 0.5) is 10.1 Å². The van der Waals surface area contributed by atoms with Gasteiger partial charge in [-0.05, 0) is 32.0 Å². The Bertz CT molecular complexity index is 650. The second kappa shape index (κ2) is 4.72. The molecule has 0 aliphatic rings. The monoisotopic (exact) mass is 263 g/mol. The van der Waals surface area contributed by atoms with Gasteiger partial charge in [-0.1, -0.05) is 0 Å². The first-order valence-electron chi connectivity index (χ1n) is 5.65. The van der Waals surface area contributed by atoms with E-state index in [1.165, 1.54) is 17.9 Å². The van der Waals surface area contributed by atoms with Crippen molar-refractivity contribution in [3.8, 4) is 5.69 Å². The predicted octanol–water partition coefficient (Wildman–Crippen LogP) is 2.00. The van der Waals surface area contributed by atoms with E-state index in [0.717, 1.165) is 17.5 Å². The summed E-state index contributed by atoms with van der Waals surface area (Å²) in [5.41, 5.74) is 7.46. The van der Waals surface area contributed by atoms with Crippen LogP contribution in [0.3, 0.4) is 0 Å². The van der Waals surface area contributed by atoms with E-state index in [-0.39, 0.29) is 16.9 Å². The van der Waals surface area contributed by atoms with Gasteiger partial charge in [-0.3, -0.25) is 0 Å². The van der Waals surface area contributed by atoms with Crippen LogP contribution in [0.1, 0.15) is 21.7 Å². The molecule has 0 aliphatic carbocycles. The van der Waals surface area contributed by atoms with Crippen LogP contribution in [-0.4, -0.2) is 22.9 Å². The van der Waals surface area contributed by atoms with Crippen molar-refractivity contribution >= 4 is 11.7 Å².